The van der Waals surface area contributed by atoms with Crippen molar-refractivity contribution in [2.24, 2.45) is 5.73 Å². The Morgan fingerprint density at radius 2 is 1.71 bits per heavy atom. The van der Waals surface area contributed by atoms with E-state index >= 15 is 0 Å². The van der Waals surface area contributed by atoms with Crippen molar-refractivity contribution in [1.82, 2.24) is 0 Å². The normalized spacial score (nSPS) is 12.3. The Morgan fingerprint density at radius 3 is 2.29 bits per heavy atom. The van der Waals surface area contributed by atoms with Gasteiger partial charge in [0.05, 0.1) is 0 Å². The van der Waals surface area contributed by atoms with Crippen LogP contribution < -0.4 is 10.6 Å². The summed E-state index contributed by atoms with van der Waals surface area (Å²) in [6.45, 7) is 6.10. The van der Waals surface area contributed by atoms with Gasteiger partial charge in [0, 0.05) is 24.5 Å². The molecule has 21 heavy (non-hydrogen) atoms. The number of aryl methyl sites for hydroxylation is 2. The first kappa shape index (κ1) is 15.5. The van der Waals surface area contributed by atoms with Crippen LogP contribution in [0.15, 0.2) is 36.4 Å². The van der Waals surface area contributed by atoms with Crippen molar-refractivity contribution < 1.29 is 4.39 Å². The molecule has 3 heteroatoms. The van der Waals surface area contributed by atoms with Crippen LogP contribution in [0, 0.1) is 19.7 Å². The maximum Gasteiger partial charge on any atom is 0.123 e. The highest BCUT2D eigenvalue weighted by Crippen LogP contribution is 2.29. The van der Waals surface area contributed by atoms with E-state index in [4.69, 9.17) is 5.73 Å². The van der Waals surface area contributed by atoms with E-state index in [9.17, 15) is 4.39 Å². The second-order valence-electron chi connectivity index (χ2n) is 5.86. The summed E-state index contributed by atoms with van der Waals surface area (Å²) in [5.41, 5.74) is 11.4. The minimum absolute atomic E-state index is 0.00167. The zero-order valence-electron chi connectivity index (χ0n) is 13.2. The van der Waals surface area contributed by atoms with Crippen molar-refractivity contribution in [1.29, 1.82) is 0 Å². The predicted octanol–water partition coefficient (Wildman–Crippen LogP) is 4.10. The van der Waals surface area contributed by atoms with Gasteiger partial charge in [-0.25, -0.2) is 4.39 Å². The molecule has 0 bridgehead atoms. The van der Waals surface area contributed by atoms with Crippen molar-refractivity contribution in [3.05, 3.63) is 58.9 Å². The molecule has 0 saturated carbocycles. The molecule has 0 aliphatic rings. The zero-order chi connectivity index (χ0) is 15.6. The summed E-state index contributed by atoms with van der Waals surface area (Å²) < 4.78 is 13.5. The minimum Gasteiger partial charge on any atom is -0.344 e. The highest BCUT2D eigenvalue weighted by atomic mass is 19.1. The molecule has 0 aliphatic carbocycles. The molecule has 0 radical (unpaired) electrons. The molecule has 2 nitrogen and oxygen atoms in total. The Morgan fingerprint density at radius 1 is 1.10 bits per heavy atom. The first-order valence-electron chi connectivity index (χ1n) is 7.23. The molecule has 0 amide bonds. The van der Waals surface area contributed by atoms with Gasteiger partial charge in [-0.3, -0.25) is 0 Å². The van der Waals surface area contributed by atoms with Crippen molar-refractivity contribution >= 4 is 11.4 Å². The Bertz CT molecular complexity index is 615. The van der Waals surface area contributed by atoms with Crippen LogP contribution in [0.4, 0.5) is 15.8 Å². The van der Waals surface area contributed by atoms with Crippen LogP contribution in [-0.2, 0) is 6.42 Å². The summed E-state index contributed by atoms with van der Waals surface area (Å²) in [4.78, 5) is 2.09. The van der Waals surface area contributed by atoms with Gasteiger partial charge in [0.1, 0.15) is 5.82 Å². The van der Waals surface area contributed by atoms with Gasteiger partial charge >= 0.3 is 0 Å². The van der Waals surface area contributed by atoms with E-state index in [1.165, 1.54) is 17.2 Å². The first-order valence-corrected chi connectivity index (χ1v) is 7.23. The van der Waals surface area contributed by atoms with E-state index in [1.807, 2.05) is 20.0 Å². The second kappa shape index (κ2) is 6.27. The quantitative estimate of drug-likeness (QED) is 0.917. The summed E-state index contributed by atoms with van der Waals surface area (Å²) >= 11 is 0. The fourth-order valence-corrected chi connectivity index (χ4v) is 2.68. The Kier molecular flexibility index (Phi) is 4.63. The SMILES string of the molecule is Cc1cc(C)cc(N(C)c2ccc(F)cc2CC(C)N)c1. The maximum absolute atomic E-state index is 13.5. The number of nitrogens with two attached hydrogens (primary N) is 1. The number of nitrogens with zero attached hydrogens (tertiary/aromatic N) is 1. The zero-order valence-corrected chi connectivity index (χ0v) is 13.2. The summed E-state index contributed by atoms with van der Waals surface area (Å²) in [5, 5.41) is 0. The van der Waals surface area contributed by atoms with E-state index in [0.717, 1.165) is 16.9 Å². The van der Waals surface area contributed by atoms with Gasteiger partial charge in [0.15, 0.2) is 0 Å². The van der Waals surface area contributed by atoms with Crippen LogP contribution >= 0.6 is 0 Å². The van der Waals surface area contributed by atoms with Crippen LogP contribution in [0.1, 0.15) is 23.6 Å². The van der Waals surface area contributed by atoms with Crippen molar-refractivity contribution in [3.63, 3.8) is 0 Å². The molecule has 0 fully saturated rings. The molecular weight excluding hydrogens is 263 g/mol. The van der Waals surface area contributed by atoms with Gasteiger partial charge in [-0.05, 0) is 74.2 Å². The van der Waals surface area contributed by atoms with Gasteiger partial charge in [0.2, 0.25) is 0 Å². The lowest BCUT2D eigenvalue weighted by Crippen LogP contribution is -2.20. The average Bonchev–Trinajstić information content (AvgIpc) is 2.36. The standard InChI is InChI=1S/C18H23FN2/c1-12-7-13(2)9-17(8-12)21(4)18-6-5-16(19)11-15(18)10-14(3)20/h5-9,11,14H,10,20H2,1-4H3. The van der Waals surface area contributed by atoms with Crippen LogP contribution in [-0.4, -0.2) is 13.1 Å². The summed E-state index contributed by atoms with van der Waals surface area (Å²) in [7, 11) is 2.01. The molecule has 2 N–H and O–H groups in total. The van der Waals surface area contributed by atoms with Crippen LogP contribution in [0.3, 0.4) is 0 Å². The third kappa shape index (κ3) is 3.82. The molecule has 2 aromatic rings. The van der Waals surface area contributed by atoms with Gasteiger partial charge in [-0.1, -0.05) is 6.07 Å². The Balaban J connectivity index is 2.44. The molecule has 0 saturated heterocycles. The third-order valence-electron chi connectivity index (χ3n) is 3.54. The van der Waals surface area contributed by atoms with Gasteiger partial charge < -0.3 is 10.6 Å². The van der Waals surface area contributed by atoms with E-state index in [0.29, 0.717) is 6.42 Å². The monoisotopic (exact) mass is 286 g/mol. The molecule has 0 heterocycles. The van der Waals surface area contributed by atoms with Gasteiger partial charge in [-0.2, -0.15) is 0 Å². The minimum atomic E-state index is -0.219. The molecule has 0 spiro atoms. The molecule has 112 valence electrons. The fourth-order valence-electron chi connectivity index (χ4n) is 2.68. The van der Waals surface area contributed by atoms with Crippen LogP contribution in [0.25, 0.3) is 0 Å². The lowest BCUT2D eigenvalue weighted by Gasteiger charge is -2.24. The van der Waals surface area contributed by atoms with E-state index < -0.39 is 0 Å². The maximum atomic E-state index is 13.5. The van der Waals surface area contributed by atoms with E-state index in [1.54, 1.807) is 6.07 Å². The van der Waals surface area contributed by atoms with Gasteiger partial charge in [0.25, 0.3) is 0 Å². The topological polar surface area (TPSA) is 29.3 Å². The Hall–Kier alpha value is -1.87. The van der Waals surface area contributed by atoms with Crippen LogP contribution in [0.2, 0.25) is 0 Å². The number of anilines is 2. The molecule has 1 unspecified atom stereocenters. The number of hydrogen-bond acceptors (Lipinski definition) is 2. The second-order valence-corrected chi connectivity index (χ2v) is 5.86. The number of hydrogen-bond donors (Lipinski definition) is 1. The van der Waals surface area contributed by atoms with Crippen molar-refractivity contribution in [3.8, 4) is 0 Å². The molecule has 2 aromatic carbocycles. The number of halogens is 1. The highest BCUT2D eigenvalue weighted by Gasteiger charge is 2.12. The highest BCUT2D eigenvalue weighted by molar-refractivity contribution is 5.67. The van der Waals surface area contributed by atoms with E-state index in [2.05, 4.69) is 36.9 Å². The summed E-state index contributed by atoms with van der Waals surface area (Å²) in [5.74, 6) is -0.219. The predicted molar refractivity (Wildman–Crippen MR) is 87.7 cm³/mol. The van der Waals surface area contributed by atoms with Crippen molar-refractivity contribution in [2.75, 3.05) is 11.9 Å². The largest absolute Gasteiger partial charge is 0.344 e. The van der Waals surface area contributed by atoms with Crippen molar-refractivity contribution in [2.45, 2.75) is 33.2 Å². The number of rotatable bonds is 4. The van der Waals surface area contributed by atoms with Gasteiger partial charge in [-0.15, -0.1) is 0 Å². The molecular formula is C18H23FN2. The summed E-state index contributed by atoms with van der Waals surface area (Å²) in [6.07, 6.45) is 0.655. The first-order chi connectivity index (χ1) is 9.86. The summed E-state index contributed by atoms with van der Waals surface area (Å²) in [6, 6.07) is 11.3. The molecule has 2 rings (SSSR count). The smallest absolute Gasteiger partial charge is 0.123 e. The molecule has 1 atom stereocenters. The third-order valence-corrected chi connectivity index (χ3v) is 3.54. The van der Waals surface area contributed by atoms with E-state index in [-0.39, 0.29) is 11.9 Å². The van der Waals surface area contributed by atoms with Crippen LogP contribution in [0.5, 0.6) is 0 Å². The molecule has 0 aromatic heterocycles. The Labute approximate surface area is 126 Å². The lowest BCUT2D eigenvalue weighted by atomic mass is 10.0. The molecule has 0 aliphatic heterocycles. The average molecular weight is 286 g/mol. The fraction of sp³-hybridized carbons (Fsp3) is 0.333. The number of benzene rings is 2. The lowest BCUT2D eigenvalue weighted by molar-refractivity contribution is 0.622.